The smallest absolute Gasteiger partial charge is 0.133 e. The average molecular weight is 911 g/mol. The molecule has 334 valence electrons. The second kappa shape index (κ2) is 17.8. The molecule has 0 amide bonds. The van der Waals surface area contributed by atoms with Crippen LogP contribution in [0.2, 0.25) is 0 Å². The summed E-state index contributed by atoms with van der Waals surface area (Å²) in [5.74, 6) is -2.84. The van der Waals surface area contributed by atoms with E-state index in [1.807, 2.05) is 84.9 Å². The van der Waals surface area contributed by atoms with Crippen molar-refractivity contribution in [1.82, 2.24) is 0 Å². The van der Waals surface area contributed by atoms with E-state index in [9.17, 15) is 0 Å². The minimum Gasteiger partial charge on any atom is -0.207 e. The molecule has 0 unspecified atom stereocenters. The Bertz CT molecular complexity index is 3810. The standard InChI is InChI=1S/C66H42F4/c67-51-31-35-55(59(69)39-51)63-58-38-50(44-19-11-4-12-20-44)30-34-54(58)62(48-27-23-46(24-28-48)42-15-7-2-8-16-42)66-64(56-36-32-52(68)40-60(56)70)57-37-49(43-17-9-3-10-18-43)29-33-53(57)61(65(63)66)47-25-21-45(22-26-47)41-13-5-1-6-14-41/h1-29,31-33,35-40H,30,34H2. The van der Waals surface area contributed by atoms with Crippen LogP contribution in [0.3, 0.4) is 0 Å². The normalized spacial score (nSPS) is 12.3. The minimum absolute atomic E-state index is 0.205. The zero-order chi connectivity index (χ0) is 47.3. The lowest BCUT2D eigenvalue weighted by Gasteiger charge is -2.30. The molecule has 0 heterocycles. The molecule has 4 heteroatoms. The molecular formula is C66H42F4. The number of hydrogen-bond donors (Lipinski definition) is 0. The number of halogens is 4. The number of hydrogen-bond acceptors (Lipinski definition) is 0. The molecule has 1 aliphatic carbocycles. The van der Waals surface area contributed by atoms with Crippen LogP contribution < -0.4 is 0 Å². The van der Waals surface area contributed by atoms with E-state index >= 15 is 17.6 Å². The van der Waals surface area contributed by atoms with Gasteiger partial charge in [0.2, 0.25) is 0 Å². The van der Waals surface area contributed by atoms with Gasteiger partial charge in [-0.2, -0.15) is 0 Å². The van der Waals surface area contributed by atoms with Gasteiger partial charge >= 0.3 is 0 Å². The molecule has 12 rings (SSSR count). The Hall–Kier alpha value is -8.60. The fourth-order valence-corrected chi connectivity index (χ4v) is 10.7. The second-order valence-electron chi connectivity index (χ2n) is 17.9. The molecule has 0 fully saturated rings. The monoisotopic (exact) mass is 910 g/mol. The molecule has 70 heavy (non-hydrogen) atoms. The third-order valence-corrected chi connectivity index (χ3v) is 13.9. The van der Waals surface area contributed by atoms with Crippen molar-refractivity contribution in [3.8, 4) is 77.9 Å². The lowest BCUT2D eigenvalue weighted by molar-refractivity contribution is 0.585. The second-order valence-corrected chi connectivity index (χ2v) is 17.9. The van der Waals surface area contributed by atoms with Gasteiger partial charge in [-0.05, 0) is 143 Å². The summed E-state index contributed by atoms with van der Waals surface area (Å²) in [4.78, 5) is 0. The van der Waals surface area contributed by atoms with Crippen LogP contribution in [-0.2, 0) is 6.42 Å². The van der Waals surface area contributed by atoms with Crippen LogP contribution in [0, 0.1) is 23.3 Å². The van der Waals surface area contributed by atoms with Crippen LogP contribution in [-0.4, -0.2) is 0 Å². The molecule has 11 aromatic carbocycles. The largest absolute Gasteiger partial charge is 0.207 e. The fourth-order valence-electron chi connectivity index (χ4n) is 10.7. The molecular weight excluding hydrogens is 869 g/mol. The van der Waals surface area contributed by atoms with Gasteiger partial charge in [0.05, 0.1) is 0 Å². The first-order valence-electron chi connectivity index (χ1n) is 23.5. The molecule has 0 N–H and O–H groups in total. The zero-order valence-corrected chi connectivity index (χ0v) is 37.9. The van der Waals surface area contributed by atoms with E-state index in [1.54, 1.807) is 0 Å². The van der Waals surface area contributed by atoms with Crippen LogP contribution in [0.4, 0.5) is 17.6 Å². The number of allylic oxidation sites excluding steroid dienone is 1. The Morgan fingerprint density at radius 1 is 0.286 bits per heavy atom. The summed E-state index contributed by atoms with van der Waals surface area (Å²) >= 11 is 0. The quantitative estimate of drug-likeness (QED) is 0.105. The summed E-state index contributed by atoms with van der Waals surface area (Å²) < 4.78 is 64.7. The van der Waals surface area contributed by atoms with Gasteiger partial charge in [0.1, 0.15) is 23.3 Å². The summed E-state index contributed by atoms with van der Waals surface area (Å²) in [5.41, 5.74) is 14.9. The van der Waals surface area contributed by atoms with Crippen molar-refractivity contribution in [2.24, 2.45) is 0 Å². The van der Waals surface area contributed by atoms with Crippen molar-refractivity contribution in [3.05, 3.63) is 264 Å². The van der Waals surface area contributed by atoms with Crippen LogP contribution in [0.15, 0.2) is 224 Å². The lowest BCUT2D eigenvalue weighted by atomic mass is 9.73. The molecule has 11 aromatic rings. The van der Waals surface area contributed by atoms with Crippen molar-refractivity contribution in [2.75, 3.05) is 0 Å². The first-order valence-corrected chi connectivity index (χ1v) is 23.5. The molecule has 0 bridgehead atoms. The summed E-state index contributed by atoms with van der Waals surface area (Å²) in [6.07, 6.45) is 3.41. The molecule has 0 spiro atoms. The van der Waals surface area contributed by atoms with Crippen LogP contribution >= 0.6 is 0 Å². The molecule has 0 saturated heterocycles. The van der Waals surface area contributed by atoms with E-state index in [-0.39, 0.29) is 11.1 Å². The number of fused-ring (bicyclic) bond motifs is 3. The van der Waals surface area contributed by atoms with E-state index in [2.05, 4.69) is 109 Å². The predicted octanol–water partition coefficient (Wildman–Crippen LogP) is 18.7. The van der Waals surface area contributed by atoms with Crippen LogP contribution in [0.5, 0.6) is 0 Å². The van der Waals surface area contributed by atoms with E-state index < -0.39 is 23.3 Å². The van der Waals surface area contributed by atoms with E-state index in [0.29, 0.717) is 34.7 Å². The number of benzene rings is 11. The van der Waals surface area contributed by atoms with Crippen LogP contribution in [0.1, 0.15) is 23.1 Å². The van der Waals surface area contributed by atoms with E-state index in [4.69, 9.17) is 0 Å². The summed E-state index contributed by atoms with van der Waals surface area (Å²) in [7, 11) is 0. The Balaban J connectivity index is 1.33. The van der Waals surface area contributed by atoms with Gasteiger partial charge in [0.15, 0.2) is 0 Å². The maximum atomic E-state index is 17.2. The van der Waals surface area contributed by atoms with Crippen molar-refractivity contribution in [3.63, 3.8) is 0 Å². The molecule has 0 saturated carbocycles. The maximum Gasteiger partial charge on any atom is 0.133 e. The highest BCUT2D eigenvalue weighted by molar-refractivity contribution is 6.30. The van der Waals surface area contributed by atoms with Crippen molar-refractivity contribution < 1.29 is 17.6 Å². The Morgan fingerprint density at radius 3 is 1.21 bits per heavy atom. The van der Waals surface area contributed by atoms with Crippen LogP contribution in [0.25, 0.3) is 111 Å². The molecule has 0 radical (unpaired) electrons. The first kappa shape index (κ1) is 42.7. The van der Waals surface area contributed by atoms with Crippen molar-refractivity contribution in [1.29, 1.82) is 0 Å². The third kappa shape index (κ3) is 7.59. The van der Waals surface area contributed by atoms with Gasteiger partial charge < -0.3 is 0 Å². The van der Waals surface area contributed by atoms with E-state index in [0.717, 1.165) is 101 Å². The molecule has 0 aromatic heterocycles. The topological polar surface area (TPSA) is 0 Å². The van der Waals surface area contributed by atoms with E-state index in [1.165, 1.54) is 24.3 Å². The third-order valence-electron chi connectivity index (χ3n) is 13.9. The lowest BCUT2D eigenvalue weighted by Crippen LogP contribution is -2.08. The zero-order valence-electron chi connectivity index (χ0n) is 37.9. The highest BCUT2D eigenvalue weighted by Gasteiger charge is 2.31. The molecule has 0 aliphatic heterocycles. The maximum absolute atomic E-state index is 17.2. The van der Waals surface area contributed by atoms with Crippen molar-refractivity contribution in [2.45, 2.75) is 12.8 Å². The molecule has 0 nitrogen and oxygen atoms in total. The highest BCUT2D eigenvalue weighted by atomic mass is 19.1. The van der Waals surface area contributed by atoms with Gasteiger partial charge in [0.25, 0.3) is 0 Å². The summed E-state index contributed by atoms with van der Waals surface area (Å²) in [5, 5.41) is 2.89. The van der Waals surface area contributed by atoms with Crippen molar-refractivity contribution >= 4 is 33.2 Å². The van der Waals surface area contributed by atoms with Gasteiger partial charge in [-0.25, -0.2) is 17.6 Å². The Kier molecular flexibility index (Phi) is 10.9. The molecule has 0 atom stereocenters. The minimum atomic E-state index is -0.725. The van der Waals surface area contributed by atoms with Gasteiger partial charge in [-0.1, -0.05) is 188 Å². The van der Waals surface area contributed by atoms with Gasteiger partial charge in [0, 0.05) is 34.4 Å². The Labute approximate surface area is 404 Å². The van der Waals surface area contributed by atoms with Gasteiger partial charge in [-0.3, -0.25) is 0 Å². The average Bonchev–Trinajstić information content (AvgIpc) is 3.41. The predicted molar refractivity (Wildman–Crippen MR) is 282 cm³/mol. The summed E-state index contributed by atoms with van der Waals surface area (Å²) in [6.45, 7) is 0. The highest BCUT2D eigenvalue weighted by Crippen LogP contribution is 2.56. The van der Waals surface area contributed by atoms with Gasteiger partial charge in [-0.15, -0.1) is 0 Å². The summed E-state index contributed by atoms with van der Waals surface area (Å²) in [6, 6.07) is 71.3. The Morgan fingerprint density at radius 2 is 0.700 bits per heavy atom. The first-order chi connectivity index (χ1) is 34.4. The fraction of sp³-hybridized carbons (Fsp3) is 0.0303. The number of rotatable bonds is 8. The molecule has 1 aliphatic rings. The SMILES string of the molecule is Fc1ccc(-c2c3c(c(-c4ccc(-c5ccccc5)cc4)c4c(-c5ccc(F)cc5F)c5cc(-c6ccccc6)ccc5c(-c5ccc(-c6ccccc6)cc5)c24)CCC(c2ccccc2)=C3)c(F)c1.